The van der Waals surface area contributed by atoms with Crippen LogP contribution in [0.4, 0.5) is 5.69 Å². The molecule has 0 spiro atoms. The van der Waals surface area contributed by atoms with Gasteiger partial charge < -0.3 is 10.7 Å². The zero-order valence-corrected chi connectivity index (χ0v) is 16.0. The van der Waals surface area contributed by atoms with Crippen LogP contribution in [0.15, 0.2) is 60.3 Å². The summed E-state index contributed by atoms with van der Waals surface area (Å²) < 4.78 is 0. The summed E-state index contributed by atoms with van der Waals surface area (Å²) in [5.41, 5.74) is 6.23. The fraction of sp³-hybridized carbons (Fsp3) is 0.158. The van der Waals surface area contributed by atoms with Crippen LogP contribution in [0.25, 0.3) is 0 Å². The quantitative estimate of drug-likeness (QED) is 0.373. The second kappa shape index (κ2) is 9.52. The largest absolute Gasteiger partial charge is 0.346 e. The van der Waals surface area contributed by atoms with Gasteiger partial charge in [-0.3, -0.25) is 25.1 Å². The first-order chi connectivity index (χ1) is 13.3. The average Bonchev–Trinajstić information content (AvgIpc) is 2.66. The lowest BCUT2D eigenvalue weighted by atomic mass is 10.1. The van der Waals surface area contributed by atoms with E-state index in [4.69, 9.17) is 11.6 Å². The smallest absolute Gasteiger partial charge is 0.287 e. The Hall–Kier alpha value is -3.39. The number of hydrazine groups is 1. The van der Waals surface area contributed by atoms with Crippen molar-refractivity contribution in [3.63, 3.8) is 0 Å². The number of halogens is 1. The molecular weight excluding hydrogens is 384 g/mol. The van der Waals surface area contributed by atoms with Gasteiger partial charge in [-0.2, -0.15) is 0 Å². The van der Waals surface area contributed by atoms with E-state index in [0.717, 1.165) is 11.6 Å². The van der Waals surface area contributed by atoms with E-state index in [-0.39, 0.29) is 28.2 Å². The van der Waals surface area contributed by atoms with Gasteiger partial charge in [0.2, 0.25) is 5.91 Å². The van der Waals surface area contributed by atoms with Crippen molar-refractivity contribution >= 4 is 29.1 Å². The van der Waals surface area contributed by atoms with E-state index in [1.807, 2.05) is 37.3 Å². The Morgan fingerprint density at radius 2 is 1.82 bits per heavy atom. The third-order valence-corrected chi connectivity index (χ3v) is 4.09. The number of nitrogens with one attached hydrogen (secondary N) is 3. The van der Waals surface area contributed by atoms with Crippen molar-refractivity contribution in [3.8, 4) is 0 Å². The summed E-state index contributed by atoms with van der Waals surface area (Å²) in [5.74, 6) is -0.878. The molecule has 0 radical (unpaired) electrons. The van der Waals surface area contributed by atoms with Gasteiger partial charge in [-0.25, -0.2) is 0 Å². The van der Waals surface area contributed by atoms with Crippen molar-refractivity contribution in [2.75, 3.05) is 0 Å². The Balaban J connectivity index is 1.90. The first-order valence-electron chi connectivity index (χ1n) is 8.32. The monoisotopic (exact) mass is 402 g/mol. The van der Waals surface area contributed by atoms with Crippen LogP contribution < -0.4 is 16.2 Å². The van der Waals surface area contributed by atoms with E-state index in [2.05, 4.69) is 16.2 Å². The maximum absolute atomic E-state index is 12.1. The molecule has 2 amide bonds. The topological polar surface area (TPSA) is 113 Å². The Labute approximate surface area is 166 Å². The number of nitro groups is 1. The number of rotatable bonds is 7. The van der Waals surface area contributed by atoms with Crippen LogP contribution in [0.3, 0.4) is 0 Å². The minimum absolute atomic E-state index is 0.137. The number of carbonyl (C=O) groups is 2. The highest BCUT2D eigenvalue weighted by molar-refractivity contribution is 6.33. The lowest BCUT2D eigenvalue weighted by Gasteiger charge is -2.13. The van der Waals surface area contributed by atoms with Gasteiger partial charge in [0.1, 0.15) is 5.02 Å². The minimum Gasteiger partial charge on any atom is -0.346 e. The van der Waals surface area contributed by atoms with Crippen molar-refractivity contribution in [3.05, 3.63) is 86.6 Å². The zero-order valence-electron chi connectivity index (χ0n) is 15.2. The molecule has 2 aromatic rings. The predicted molar refractivity (Wildman–Crippen MR) is 105 cm³/mol. The number of benzene rings is 2. The molecule has 0 aromatic heterocycles. The highest BCUT2D eigenvalue weighted by Crippen LogP contribution is 2.24. The highest BCUT2D eigenvalue weighted by atomic mass is 35.5. The number of hydrogen-bond acceptors (Lipinski definition) is 5. The van der Waals surface area contributed by atoms with Crippen molar-refractivity contribution in [2.24, 2.45) is 0 Å². The number of nitro benzene ring substituents is 1. The van der Waals surface area contributed by atoms with E-state index >= 15 is 0 Å². The maximum Gasteiger partial charge on any atom is 0.287 e. The molecule has 0 bridgehead atoms. The average molecular weight is 403 g/mol. The van der Waals surface area contributed by atoms with Crippen LogP contribution in [0.2, 0.25) is 5.02 Å². The molecule has 0 saturated carbocycles. The molecule has 0 fully saturated rings. The molecule has 146 valence electrons. The summed E-state index contributed by atoms with van der Waals surface area (Å²) in [4.78, 5) is 34.3. The Bertz CT molecular complexity index is 915. The molecule has 1 atom stereocenters. The summed E-state index contributed by atoms with van der Waals surface area (Å²) >= 11 is 5.79. The van der Waals surface area contributed by atoms with Crippen molar-refractivity contribution < 1.29 is 14.5 Å². The highest BCUT2D eigenvalue weighted by Gasteiger charge is 2.15. The van der Waals surface area contributed by atoms with E-state index in [0.29, 0.717) is 5.70 Å². The first kappa shape index (κ1) is 20.9. The number of hydrogen-bond donors (Lipinski definition) is 3. The summed E-state index contributed by atoms with van der Waals surface area (Å²) in [7, 11) is 0. The van der Waals surface area contributed by atoms with Crippen LogP contribution in [0.5, 0.6) is 0 Å². The predicted octanol–water partition coefficient (Wildman–Crippen LogP) is 3.26. The second-order valence-corrected chi connectivity index (χ2v) is 6.38. The van der Waals surface area contributed by atoms with Crippen LogP contribution >= 0.6 is 11.6 Å². The van der Waals surface area contributed by atoms with Gasteiger partial charge in [0, 0.05) is 23.4 Å². The minimum atomic E-state index is -0.635. The van der Waals surface area contributed by atoms with Gasteiger partial charge in [-0.15, -0.1) is 0 Å². The first-order valence-corrected chi connectivity index (χ1v) is 8.69. The van der Waals surface area contributed by atoms with E-state index < -0.39 is 10.8 Å². The van der Waals surface area contributed by atoms with Gasteiger partial charge in [0.15, 0.2) is 0 Å². The molecule has 9 heteroatoms. The third-order valence-electron chi connectivity index (χ3n) is 3.79. The summed E-state index contributed by atoms with van der Waals surface area (Å²) in [5, 5.41) is 13.4. The summed E-state index contributed by atoms with van der Waals surface area (Å²) in [6, 6.07) is 13.0. The molecule has 1 unspecified atom stereocenters. The van der Waals surface area contributed by atoms with Crippen molar-refractivity contribution in [2.45, 2.75) is 19.9 Å². The molecule has 0 saturated heterocycles. The van der Waals surface area contributed by atoms with Gasteiger partial charge in [0.25, 0.3) is 11.6 Å². The Kier molecular flexibility index (Phi) is 7.11. The number of amides is 2. The van der Waals surface area contributed by atoms with E-state index in [1.165, 1.54) is 18.2 Å². The fourth-order valence-electron chi connectivity index (χ4n) is 2.34. The molecular formula is C19H19ClN4O4. The van der Waals surface area contributed by atoms with E-state index in [1.54, 1.807) is 6.92 Å². The molecule has 0 aliphatic rings. The Morgan fingerprint density at radius 1 is 1.14 bits per heavy atom. The van der Waals surface area contributed by atoms with Gasteiger partial charge >= 0.3 is 0 Å². The number of allylic oxidation sites excluding steroid dienone is 1. The summed E-state index contributed by atoms with van der Waals surface area (Å²) in [6.45, 7) is 3.47. The maximum atomic E-state index is 12.1. The molecule has 8 nitrogen and oxygen atoms in total. The summed E-state index contributed by atoms with van der Waals surface area (Å²) in [6.07, 6.45) is 1.31. The molecule has 3 N–H and O–H groups in total. The fourth-order valence-corrected chi connectivity index (χ4v) is 2.59. The van der Waals surface area contributed by atoms with E-state index in [9.17, 15) is 19.7 Å². The van der Waals surface area contributed by atoms with Gasteiger partial charge in [-0.1, -0.05) is 41.9 Å². The number of nitrogens with zero attached hydrogens (tertiary/aromatic N) is 1. The number of carbonyl (C=O) groups excluding carboxylic acids is 2. The van der Waals surface area contributed by atoms with Crippen LogP contribution in [0.1, 0.15) is 35.8 Å². The Morgan fingerprint density at radius 3 is 2.43 bits per heavy atom. The van der Waals surface area contributed by atoms with Crippen LogP contribution in [0, 0.1) is 10.1 Å². The molecule has 2 aromatic carbocycles. The molecule has 0 heterocycles. The van der Waals surface area contributed by atoms with Gasteiger partial charge in [0.05, 0.1) is 11.0 Å². The SMILES string of the molecule is CC(=CC(=O)NC(C)c1ccccc1)NNC(=O)c1ccc([N+](=O)[O-])c(Cl)c1. The van der Waals surface area contributed by atoms with Crippen LogP contribution in [-0.2, 0) is 4.79 Å². The lowest BCUT2D eigenvalue weighted by Crippen LogP contribution is -2.37. The third kappa shape index (κ3) is 5.82. The second-order valence-electron chi connectivity index (χ2n) is 5.97. The molecule has 0 aliphatic carbocycles. The van der Waals surface area contributed by atoms with Crippen molar-refractivity contribution in [1.29, 1.82) is 0 Å². The lowest BCUT2D eigenvalue weighted by molar-refractivity contribution is -0.384. The molecule has 0 aliphatic heterocycles. The van der Waals surface area contributed by atoms with Crippen LogP contribution in [-0.4, -0.2) is 16.7 Å². The molecule has 28 heavy (non-hydrogen) atoms. The standard InChI is InChI=1S/C19H19ClN4O4/c1-12(10-18(25)21-13(2)14-6-4-3-5-7-14)22-23-19(26)15-8-9-17(24(27)28)16(20)11-15/h3-11,13,22H,1-2H3,(H,21,25)(H,23,26). The zero-order chi connectivity index (χ0) is 20.7. The normalized spacial score (nSPS) is 12.0. The molecule has 2 rings (SSSR count). The van der Waals surface area contributed by atoms with Gasteiger partial charge in [-0.05, 0) is 31.5 Å². The van der Waals surface area contributed by atoms with Crippen molar-refractivity contribution in [1.82, 2.24) is 16.2 Å².